The lowest BCUT2D eigenvalue weighted by Gasteiger charge is -2.20. The third-order valence-electron chi connectivity index (χ3n) is 1.57. The highest BCUT2D eigenvalue weighted by molar-refractivity contribution is 5.87. The van der Waals surface area contributed by atoms with Gasteiger partial charge in [-0.3, -0.25) is 4.79 Å². The molecule has 0 aromatic heterocycles. The van der Waals surface area contributed by atoms with E-state index in [0.29, 0.717) is 0 Å². The summed E-state index contributed by atoms with van der Waals surface area (Å²) in [4.78, 5) is 11.1. The number of carbonyl (C=O) groups is 1. The second kappa shape index (κ2) is 6.01. The van der Waals surface area contributed by atoms with Gasteiger partial charge in [0.15, 0.2) is 5.78 Å². The quantitative estimate of drug-likeness (QED) is 0.366. The van der Waals surface area contributed by atoms with Gasteiger partial charge in [0, 0.05) is 7.11 Å². The van der Waals surface area contributed by atoms with E-state index in [-0.39, 0.29) is 0 Å². The van der Waals surface area contributed by atoms with Crippen LogP contribution in [0.15, 0.2) is 0 Å². The SMILES string of the molecule is CO[C@@H](C(=O)[C@@H](O)CO)[C@H](O)CO. The summed E-state index contributed by atoms with van der Waals surface area (Å²) in [6.45, 7) is -1.39. The van der Waals surface area contributed by atoms with Crippen LogP contribution < -0.4 is 0 Å². The molecule has 0 saturated carbocycles. The summed E-state index contributed by atoms with van der Waals surface area (Å²) in [6, 6.07) is 0. The number of Topliss-reactive ketones (excluding diaryl/α,β-unsaturated/α-hetero) is 1. The standard InChI is InChI=1S/C7H14O6/c1-13-7(5(11)3-9)6(12)4(10)2-8/h4-5,7-11H,2-3H2,1H3/t4-,5+,7+/m0/s1. The van der Waals surface area contributed by atoms with E-state index in [2.05, 4.69) is 4.74 Å². The Kier molecular flexibility index (Phi) is 5.76. The molecule has 0 unspecified atom stereocenters. The highest BCUT2D eigenvalue weighted by atomic mass is 16.5. The van der Waals surface area contributed by atoms with Gasteiger partial charge in [0.2, 0.25) is 0 Å². The number of hydrogen-bond acceptors (Lipinski definition) is 6. The van der Waals surface area contributed by atoms with E-state index in [1.807, 2.05) is 0 Å². The van der Waals surface area contributed by atoms with E-state index < -0.39 is 37.3 Å². The molecule has 0 aromatic carbocycles. The minimum absolute atomic E-state index is 0.650. The highest BCUT2D eigenvalue weighted by Crippen LogP contribution is 2.02. The van der Waals surface area contributed by atoms with Crippen LogP contribution >= 0.6 is 0 Å². The summed E-state index contributed by atoms with van der Waals surface area (Å²) in [7, 11) is 1.16. The number of ether oxygens (including phenoxy) is 1. The van der Waals surface area contributed by atoms with E-state index in [1.165, 1.54) is 0 Å². The minimum atomic E-state index is -1.59. The summed E-state index contributed by atoms with van der Waals surface area (Å²) in [6.07, 6.45) is -4.29. The highest BCUT2D eigenvalue weighted by Gasteiger charge is 2.30. The van der Waals surface area contributed by atoms with Crippen molar-refractivity contribution in [2.24, 2.45) is 0 Å². The van der Waals surface area contributed by atoms with Crippen molar-refractivity contribution in [2.45, 2.75) is 18.3 Å². The second-order valence-electron chi connectivity index (χ2n) is 2.51. The Hall–Kier alpha value is -0.530. The largest absolute Gasteiger partial charge is 0.394 e. The maximum absolute atomic E-state index is 11.1. The third-order valence-corrected chi connectivity index (χ3v) is 1.57. The molecule has 0 aliphatic heterocycles. The molecule has 6 heteroatoms. The van der Waals surface area contributed by atoms with Crippen LogP contribution in [0.5, 0.6) is 0 Å². The lowest BCUT2D eigenvalue weighted by Crippen LogP contribution is -2.44. The van der Waals surface area contributed by atoms with E-state index in [0.717, 1.165) is 7.11 Å². The maximum Gasteiger partial charge on any atom is 0.194 e. The molecule has 3 atom stereocenters. The van der Waals surface area contributed by atoms with Gasteiger partial charge in [0.25, 0.3) is 0 Å². The van der Waals surface area contributed by atoms with E-state index in [9.17, 15) is 4.79 Å². The summed E-state index contributed by atoms with van der Waals surface area (Å²) >= 11 is 0. The van der Waals surface area contributed by atoms with Crippen molar-refractivity contribution >= 4 is 5.78 Å². The fourth-order valence-corrected chi connectivity index (χ4v) is 0.838. The van der Waals surface area contributed by atoms with Crippen LogP contribution in [-0.2, 0) is 9.53 Å². The van der Waals surface area contributed by atoms with E-state index in [1.54, 1.807) is 0 Å². The molecule has 0 aliphatic carbocycles. The van der Waals surface area contributed by atoms with Crippen LogP contribution in [0.4, 0.5) is 0 Å². The van der Waals surface area contributed by atoms with Gasteiger partial charge in [0.1, 0.15) is 18.3 Å². The first-order chi connectivity index (χ1) is 6.08. The smallest absolute Gasteiger partial charge is 0.194 e. The first kappa shape index (κ1) is 12.5. The van der Waals surface area contributed by atoms with Gasteiger partial charge in [-0.1, -0.05) is 0 Å². The van der Waals surface area contributed by atoms with Crippen LogP contribution in [0.3, 0.4) is 0 Å². The van der Waals surface area contributed by atoms with Crippen LogP contribution in [-0.4, -0.2) is 64.8 Å². The Balaban J connectivity index is 4.31. The molecule has 0 bridgehead atoms. The molecule has 0 amide bonds. The summed E-state index contributed by atoms with van der Waals surface area (Å²) in [5.74, 6) is -0.855. The molecule has 78 valence electrons. The van der Waals surface area contributed by atoms with Crippen LogP contribution in [0.25, 0.3) is 0 Å². The molecule has 6 nitrogen and oxygen atoms in total. The molecule has 0 radical (unpaired) electrons. The van der Waals surface area contributed by atoms with Gasteiger partial charge in [-0.2, -0.15) is 0 Å². The molecule has 13 heavy (non-hydrogen) atoms. The lowest BCUT2D eigenvalue weighted by molar-refractivity contribution is -0.147. The van der Waals surface area contributed by atoms with Crippen molar-refractivity contribution in [1.29, 1.82) is 0 Å². The fourth-order valence-electron chi connectivity index (χ4n) is 0.838. The molecule has 0 aromatic rings. The predicted octanol–water partition coefficient (Wildman–Crippen LogP) is -2.72. The number of rotatable bonds is 6. The summed E-state index contributed by atoms with van der Waals surface area (Å²) in [5, 5.41) is 34.9. The van der Waals surface area contributed by atoms with E-state index in [4.69, 9.17) is 20.4 Å². The molecular weight excluding hydrogens is 180 g/mol. The normalized spacial score (nSPS) is 17.9. The van der Waals surface area contributed by atoms with Gasteiger partial charge in [-0.05, 0) is 0 Å². The second-order valence-corrected chi connectivity index (χ2v) is 2.51. The molecule has 4 N–H and O–H groups in total. The van der Waals surface area contributed by atoms with Crippen LogP contribution in [0, 0.1) is 0 Å². The Morgan fingerprint density at radius 1 is 1.31 bits per heavy atom. The van der Waals surface area contributed by atoms with Gasteiger partial charge in [0.05, 0.1) is 13.2 Å². The monoisotopic (exact) mass is 194 g/mol. The van der Waals surface area contributed by atoms with Gasteiger partial charge in [-0.25, -0.2) is 0 Å². The molecule has 0 spiro atoms. The minimum Gasteiger partial charge on any atom is -0.394 e. The van der Waals surface area contributed by atoms with Crippen molar-refractivity contribution in [3.63, 3.8) is 0 Å². The van der Waals surface area contributed by atoms with Crippen molar-refractivity contribution in [3.05, 3.63) is 0 Å². The molecular formula is C7H14O6. The number of carbonyl (C=O) groups excluding carboxylic acids is 1. The summed E-state index contributed by atoms with van der Waals surface area (Å²) < 4.78 is 4.56. The zero-order chi connectivity index (χ0) is 10.4. The lowest BCUT2D eigenvalue weighted by atomic mass is 10.1. The molecule has 0 fully saturated rings. The average molecular weight is 194 g/mol. The topological polar surface area (TPSA) is 107 Å². The number of aliphatic hydroxyl groups excluding tert-OH is 4. The van der Waals surface area contributed by atoms with Gasteiger partial charge in [-0.15, -0.1) is 0 Å². The third kappa shape index (κ3) is 3.37. The number of hydrogen-bond donors (Lipinski definition) is 4. The van der Waals surface area contributed by atoms with Crippen molar-refractivity contribution in [3.8, 4) is 0 Å². The number of aliphatic hydroxyl groups is 4. The molecule has 0 aliphatic rings. The van der Waals surface area contributed by atoms with Gasteiger partial charge >= 0.3 is 0 Å². The Labute approximate surface area is 75.4 Å². The first-order valence-corrected chi connectivity index (χ1v) is 3.72. The summed E-state index contributed by atoms with van der Waals surface area (Å²) in [5.41, 5.74) is 0. The molecule has 0 saturated heterocycles. The van der Waals surface area contributed by atoms with E-state index >= 15 is 0 Å². The predicted molar refractivity (Wildman–Crippen MR) is 42.0 cm³/mol. The van der Waals surface area contributed by atoms with Crippen molar-refractivity contribution < 1.29 is 30.0 Å². The zero-order valence-corrected chi connectivity index (χ0v) is 7.25. The Morgan fingerprint density at radius 2 is 1.85 bits per heavy atom. The van der Waals surface area contributed by atoms with Crippen LogP contribution in [0.2, 0.25) is 0 Å². The molecule has 0 heterocycles. The first-order valence-electron chi connectivity index (χ1n) is 3.72. The molecule has 0 rings (SSSR count). The van der Waals surface area contributed by atoms with Gasteiger partial charge < -0.3 is 25.2 Å². The Bertz CT molecular complexity index is 159. The Morgan fingerprint density at radius 3 is 2.15 bits per heavy atom. The number of ketones is 1. The fraction of sp³-hybridized carbons (Fsp3) is 0.857. The zero-order valence-electron chi connectivity index (χ0n) is 7.25. The average Bonchev–Trinajstić information content (AvgIpc) is 2.17. The van der Waals surface area contributed by atoms with Crippen molar-refractivity contribution in [2.75, 3.05) is 20.3 Å². The van der Waals surface area contributed by atoms with Crippen molar-refractivity contribution in [1.82, 2.24) is 0 Å². The van der Waals surface area contributed by atoms with Crippen LogP contribution in [0.1, 0.15) is 0 Å². The number of methoxy groups -OCH3 is 1. The maximum atomic E-state index is 11.1.